The fraction of sp³-hybridized carbons (Fsp3) is 0.562. The third kappa shape index (κ3) is 9.70. The highest BCUT2D eigenvalue weighted by molar-refractivity contribution is 6.00. The van der Waals surface area contributed by atoms with E-state index < -0.39 is 55.4 Å². The van der Waals surface area contributed by atoms with E-state index in [-0.39, 0.29) is 30.8 Å². The van der Waals surface area contributed by atoms with Gasteiger partial charge in [0.1, 0.15) is 24.9 Å². The minimum Gasteiger partial charge on any atom is -0.488 e. The van der Waals surface area contributed by atoms with Gasteiger partial charge in [-0.15, -0.1) is 0 Å². The lowest BCUT2D eigenvalue weighted by Gasteiger charge is -2.38. The Morgan fingerprint density at radius 3 is 2.46 bits per heavy atom. The number of esters is 1. The fourth-order valence-corrected chi connectivity index (χ4v) is 5.71. The van der Waals surface area contributed by atoms with Crippen LogP contribution in [0.2, 0.25) is 0 Å². The lowest BCUT2D eigenvalue weighted by atomic mass is 9.98. The summed E-state index contributed by atoms with van der Waals surface area (Å²) in [7, 11) is 1.10. The average molecular weight is 686 g/mol. The quantitative estimate of drug-likeness (QED) is 0.126. The molecule has 1 saturated heterocycles. The van der Waals surface area contributed by atoms with Gasteiger partial charge in [0, 0.05) is 25.7 Å². The number of benzene rings is 2. The van der Waals surface area contributed by atoms with E-state index in [1.165, 1.54) is 12.1 Å². The summed E-state index contributed by atoms with van der Waals surface area (Å²) in [4.78, 5) is 26.4. The van der Waals surface area contributed by atoms with E-state index in [0.29, 0.717) is 44.5 Å². The molecule has 0 aliphatic carbocycles. The molecule has 2 aromatic rings. The van der Waals surface area contributed by atoms with Gasteiger partial charge in [-0.2, -0.15) is 13.2 Å². The molecule has 0 bridgehead atoms. The third-order valence-electron chi connectivity index (χ3n) is 7.97. The third-order valence-corrected chi connectivity index (χ3v) is 7.97. The Morgan fingerprint density at radius 2 is 1.79 bits per heavy atom. The summed E-state index contributed by atoms with van der Waals surface area (Å²) >= 11 is 0. The zero-order chi connectivity index (χ0) is 35.0. The number of methoxy groups -OCH3 is 1. The topological polar surface area (TPSA) is 182 Å². The molecule has 2 aliphatic rings. The largest absolute Gasteiger partial charge is 0.488 e. The van der Waals surface area contributed by atoms with E-state index >= 15 is 0 Å². The molecule has 16 heteroatoms. The summed E-state index contributed by atoms with van der Waals surface area (Å²) in [6.45, 7) is 2.33. The maximum Gasteiger partial charge on any atom is 0.422 e. The summed E-state index contributed by atoms with van der Waals surface area (Å²) in [5.74, 6) is -1.26. The first-order chi connectivity index (χ1) is 22.8. The van der Waals surface area contributed by atoms with Crippen molar-refractivity contribution < 1.29 is 61.8 Å². The number of para-hydroxylation sites is 2. The highest BCUT2D eigenvalue weighted by Crippen LogP contribution is 2.34. The zero-order valence-electron chi connectivity index (χ0n) is 26.7. The minimum atomic E-state index is -4.46. The molecule has 13 nitrogen and oxygen atoms in total. The molecular weight excluding hydrogens is 643 g/mol. The number of alkyl halides is 3. The van der Waals surface area contributed by atoms with Crippen molar-refractivity contribution in [3.05, 3.63) is 53.1 Å². The first-order valence-corrected chi connectivity index (χ1v) is 15.5. The van der Waals surface area contributed by atoms with E-state index in [2.05, 4.69) is 10.1 Å². The molecule has 0 radical (unpaired) electrons. The van der Waals surface area contributed by atoms with Gasteiger partial charge in [0.25, 0.3) is 5.91 Å². The van der Waals surface area contributed by atoms with Crippen LogP contribution >= 0.6 is 0 Å². The molecule has 1 fully saturated rings. The number of fused-ring (bicyclic) bond motifs is 1. The molecule has 2 aliphatic heterocycles. The Morgan fingerprint density at radius 1 is 1.08 bits per heavy atom. The Labute approximate surface area is 275 Å². The summed E-state index contributed by atoms with van der Waals surface area (Å²) in [6, 6.07) is 9.93. The highest BCUT2D eigenvalue weighted by atomic mass is 19.4. The predicted octanol–water partition coefficient (Wildman–Crippen LogP) is 1.08. The van der Waals surface area contributed by atoms with Crippen molar-refractivity contribution in [2.45, 2.75) is 69.1 Å². The maximum atomic E-state index is 12.6. The smallest absolute Gasteiger partial charge is 0.422 e. The van der Waals surface area contributed by atoms with Crippen molar-refractivity contribution in [1.29, 1.82) is 0 Å². The van der Waals surface area contributed by atoms with Crippen LogP contribution in [0.5, 0.6) is 11.5 Å². The Kier molecular flexibility index (Phi) is 12.9. The van der Waals surface area contributed by atoms with E-state index in [0.717, 1.165) is 23.9 Å². The average Bonchev–Trinajstić information content (AvgIpc) is 3.45. The van der Waals surface area contributed by atoms with Crippen LogP contribution in [0.3, 0.4) is 0 Å². The van der Waals surface area contributed by atoms with Gasteiger partial charge in [-0.3, -0.25) is 4.79 Å². The monoisotopic (exact) mass is 685 g/mol. The number of nitrogens with one attached hydrogen (secondary N) is 1. The van der Waals surface area contributed by atoms with Gasteiger partial charge in [-0.05, 0) is 55.5 Å². The van der Waals surface area contributed by atoms with Crippen molar-refractivity contribution in [2.75, 3.05) is 51.5 Å². The number of aliphatic hydroxyl groups is 3. The second kappa shape index (κ2) is 16.6. The minimum absolute atomic E-state index is 0.00737. The van der Waals surface area contributed by atoms with Crippen molar-refractivity contribution in [2.24, 2.45) is 5.73 Å². The molecule has 4 rings (SSSR count). The van der Waals surface area contributed by atoms with Crippen LogP contribution < -0.4 is 25.4 Å². The normalized spacial score (nSPS) is 23.0. The van der Waals surface area contributed by atoms with Gasteiger partial charge in [-0.1, -0.05) is 18.2 Å². The van der Waals surface area contributed by atoms with E-state index in [1.54, 1.807) is 18.2 Å². The van der Waals surface area contributed by atoms with Crippen molar-refractivity contribution >= 4 is 17.6 Å². The van der Waals surface area contributed by atoms with Crippen molar-refractivity contribution in [3.63, 3.8) is 0 Å². The van der Waals surface area contributed by atoms with Crippen molar-refractivity contribution in [1.82, 2.24) is 5.32 Å². The first kappa shape index (κ1) is 37.2. The molecule has 1 amide bonds. The summed E-state index contributed by atoms with van der Waals surface area (Å²) in [5.41, 5.74) is 8.78. The predicted molar refractivity (Wildman–Crippen MR) is 165 cm³/mol. The van der Waals surface area contributed by atoms with Crippen LogP contribution in [0.4, 0.5) is 18.9 Å². The molecule has 266 valence electrons. The number of aliphatic hydroxyl groups excluding tert-OH is 3. The Hall–Kier alpha value is -3.67. The zero-order valence-corrected chi connectivity index (χ0v) is 26.7. The van der Waals surface area contributed by atoms with Gasteiger partial charge in [-0.25, -0.2) is 4.79 Å². The first-order valence-electron chi connectivity index (χ1n) is 15.5. The Bertz CT molecular complexity index is 1400. The summed E-state index contributed by atoms with van der Waals surface area (Å²) in [5, 5.41) is 33.7. The van der Waals surface area contributed by atoms with Crippen LogP contribution in [-0.4, -0.2) is 117 Å². The summed E-state index contributed by atoms with van der Waals surface area (Å²) < 4.78 is 63.7. The lowest BCUT2D eigenvalue weighted by Crippen LogP contribution is -2.60. The van der Waals surface area contributed by atoms with Gasteiger partial charge in [0.15, 0.2) is 30.5 Å². The number of carbonyl (C=O) groups is 2. The molecule has 0 unspecified atom stereocenters. The number of carbonyl (C=O) groups excluding carboxylic acids is 2. The molecule has 6 atom stereocenters. The highest BCUT2D eigenvalue weighted by Gasteiger charge is 2.47. The van der Waals surface area contributed by atoms with Crippen LogP contribution in [0.15, 0.2) is 36.4 Å². The van der Waals surface area contributed by atoms with E-state index in [4.69, 9.17) is 24.7 Å². The molecule has 2 aromatic carbocycles. The fourth-order valence-electron chi connectivity index (χ4n) is 5.71. The SMILES string of the molecule is COC(=O)[C@H]1O[C@@H](OCCCN2CCc3cc(C[C@@H](C)NCCOc4ccccc4OCC(F)(F)F)cc(C(N)=O)c32)[C@H](O)[C@@H](O)[C@@H]1O. The number of rotatable bonds is 16. The molecule has 0 saturated carbocycles. The number of anilines is 1. The number of hydrogen-bond acceptors (Lipinski definition) is 12. The second-order valence-electron chi connectivity index (χ2n) is 11.7. The van der Waals surface area contributed by atoms with E-state index in [1.807, 2.05) is 17.9 Å². The number of hydrogen-bond donors (Lipinski definition) is 5. The number of amides is 1. The summed E-state index contributed by atoms with van der Waals surface area (Å²) in [6.07, 6.45) is -10.6. The van der Waals surface area contributed by atoms with Crippen LogP contribution in [-0.2, 0) is 31.8 Å². The number of primary amides is 1. The number of nitrogens with two attached hydrogens (primary N) is 1. The van der Waals surface area contributed by atoms with Gasteiger partial charge < -0.3 is 55.0 Å². The lowest BCUT2D eigenvalue weighted by molar-refractivity contribution is -0.294. The molecular formula is C32H42F3N3O10. The molecule has 6 N–H and O–H groups in total. The van der Waals surface area contributed by atoms with Gasteiger partial charge in [0.05, 0.1) is 25.0 Å². The van der Waals surface area contributed by atoms with Crippen molar-refractivity contribution in [3.8, 4) is 11.5 Å². The van der Waals surface area contributed by atoms with Gasteiger partial charge >= 0.3 is 12.1 Å². The number of halogens is 3. The molecule has 0 spiro atoms. The number of nitrogens with zero attached hydrogens (tertiary/aromatic N) is 1. The van der Waals surface area contributed by atoms with Gasteiger partial charge in [0.2, 0.25) is 0 Å². The van der Waals surface area contributed by atoms with Crippen LogP contribution in [0, 0.1) is 0 Å². The Balaban J connectivity index is 1.27. The molecule has 0 aromatic heterocycles. The van der Waals surface area contributed by atoms with E-state index in [9.17, 15) is 38.1 Å². The standard InChI is InChI=1S/C32H42F3N3O10/c1-18(37-9-13-45-22-6-3-4-7-23(22)47-17-32(33,34)35)14-19-15-20-8-11-38(24(20)21(16-19)29(36)42)10-5-12-46-31-27(41)25(39)26(40)28(48-31)30(43)44-2/h3-4,6-7,15-16,18,25-28,31,37,39-41H,5,8-14,17H2,1-2H3,(H2,36,42)/t18-,25+,26+,27-,28+,31-/m1/s1. The number of ether oxygens (including phenoxy) is 5. The maximum absolute atomic E-state index is 12.6. The molecule has 2 heterocycles. The second-order valence-corrected chi connectivity index (χ2v) is 11.7. The van der Waals surface area contributed by atoms with Crippen LogP contribution in [0.25, 0.3) is 0 Å². The molecule has 48 heavy (non-hydrogen) atoms. The van der Waals surface area contributed by atoms with Crippen LogP contribution in [0.1, 0.15) is 34.8 Å².